The van der Waals surface area contributed by atoms with Crippen molar-refractivity contribution in [3.05, 3.63) is 46.3 Å². The Morgan fingerprint density at radius 3 is 2.04 bits per heavy atom. The van der Waals surface area contributed by atoms with E-state index in [1.54, 1.807) is 44.2 Å². The molecule has 4 heterocycles. The van der Waals surface area contributed by atoms with E-state index in [4.69, 9.17) is 24.5 Å². The molecular weight excluding hydrogens is 741 g/mol. The number of thioether (sulfide) groups is 1. The van der Waals surface area contributed by atoms with Gasteiger partial charge >= 0.3 is 23.9 Å². The van der Waals surface area contributed by atoms with Crippen LogP contribution in [0.3, 0.4) is 0 Å². The minimum absolute atomic E-state index is 0.130. The number of hydrogen-bond donors (Lipinski definition) is 1. The molecule has 5 rings (SSSR count). The van der Waals surface area contributed by atoms with E-state index in [0.717, 1.165) is 4.90 Å². The molecule has 0 radical (unpaired) electrons. The number of hydrogen-bond acceptors (Lipinski definition) is 15. The lowest BCUT2D eigenvalue weighted by Gasteiger charge is -2.44. The monoisotopic (exact) mass is 778 g/mol. The number of fused-ring (bicyclic) bond motifs is 2. The van der Waals surface area contributed by atoms with Gasteiger partial charge in [-0.25, -0.2) is 18.0 Å². The molecule has 286 valence electrons. The maximum Gasteiger partial charge on any atom is 0.333 e. The fourth-order valence-corrected chi connectivity index (χ4v) is 10.4. The number of rotatable bonds is 15. The SMILES string of the molecule is CC1(C)S[C@@H]2[C@H](NC(=O)C(N=[N+]=[N-])c3ccccc3)C(=O)N2[C@H]1C(=O)OCOC(=O)CCCCC(=O)OCOC(=O)[C@@H]1N2C(=O)C[C@H]2S(=O)(=O)C1(C)C. The van der Waals surface area contributed by atoms with Crippen molar-refractivity contribution in [2.24, 2.45) is 5.11 Å². The van der Waals surface area contributed by atoms with Gasteiger partial charge in [0.15, 0.2) is 9.84 Å². The maximum absolute atomic E-state index is 13.1. The van der Waals surface area contributed by atoms with Crippen LogP contribution in [0.5, 0.6) is 0 Å². The first kappa shape index (κ1) is 39.3. The molecule has 21 heteroatoms. The van der Waals surface area contributed by atoms with Crippen LogP contribution in [0.4, 0.5) is 0 Å². The first-order chi connectivity index (χ1) is 24.9. The van der Waals surface area contributed by atoms with E-state index >= 15 is 0 Å². The highest BCUT2D eigenvalue weighted by Gasteiger charge is 2.68. The number of sulfone groups is 1. The fraction of sp³-hybridized carbons (Fsp3) is 0.594. The third kappa shape index (κ3) is 7.50. The normalized spacial score (nSPS) is 26.0. The second kappa shape index (κ2) is 15.2. The average molecular weight is 779 g/mol. The third-order valence-corrected chi connectivity index (χ3v) is 13.9. The highest BCUT2D eigenvalue weighted by atomic mass is 32.2. The van der Waals surface area contributed by atoms with Gasteiger partial charge in [0.25, 0.3) is 0 Å². The van der Waals surface area contributed by atoms with Crippen molar-refractivity contribution in [2.45, 2.75) is 104 Å². The molecule has 1 unspecified atom stereocenters. The largest absolute Gasteiger partial charge is 0.428 e. The first-order valence-corrected chi connectivity index (χ1v) is 18.9. The molecule has 19 nitrogen and oxygen atoms in total. The lowest BCUT2D eigenvalue weighted by atomic mass is 9.95. The Balaban J connectivity index is 0.983. The topological polar surface area (TPSA) is 258 Å². The van der Waals surface area contributed by atoms with Crippen LogP contribution in [0.2, 0.25) is 0 Å². The van der Waals surface area contributed by atoms with E-state index < -0.39 is 109 Å². The molecule has 1 aromatic carbocycles. The van der Waals surface area contributed by atoms with Crippen LogP contribution in [0.25, 0.3) is 10.4 Å². The lowest BCUT2D eigenvalue weighted by Crippen LogP contribution is -2.71. The molecule has 4 saturated heterocycles. The van der Waals surface area contributed by atoms with Crippen molar-refractivity contribution >= 4 is 63.2 Å². The number of carbonyl (C=O) groups excluding carboxylic acids is 7. The molecule has 0 aromatic heterocycles. The molecule has 3 amide bonds. The molecule has 0 aliphatic carbocycles. The molecule has 4 aliphatic heterocycles. The summed E-state index contributed by atoms with van der Waals surface area (Å²) in [5, 5.41) is 4.52. The Kier molecular flexibility index (Phi) is 11.3. The number of carbonyl (C=O) groups is 7. The highest BCUT2D eigenvalue weighted by molar-refractivity contribution is 8.01. The van der Waals surface area contributed by atoms with Crippen LogP contribution >= 0.6 is 11.8 Å². The zero-order valence-electron chi connectivity index (χ0n) is 29.2. The molecule has 4 fully saturated rings. The third-order valence-electron chi connectivity index (χ3n) is 9.55. The van der Waals surface area contributed by atoms with Crippen LogP contribution in [-0.2, 0) is 62.3 Å². The summed E-state index contributed by atoms with van der Waals surface area (Å²) in [6.45, 7) is 4.62. The lowest BCUT2D eigenvalue weighted by molar-refractivity contribution is -0.177. The van der Waals surface area contributed by atoms with E-state index in [9.17, 15) is 42.0 Å². The molecule has 6 atom stereocenters. The van der Waals surface area contributed by atoms with Crippen molar-refractivity contribution in [3.8, 4) is 0 Å². The molecule has 0 bridgehead atoms. The van der Waals surface area contributed by atoms with Gasteiger partial charge in [-0.1, -0.05) is 35.4 Å². The number of azide groups is 1. The summed E-state index contributed by atoms with van der Waals surface area (Å²) in [7, 11) is -3.80. The number of benzene rings is 1. The zero-order chi connectivity index (χ0) is 38.9. The van der Waals surface area contributed by atoms with Crippen LogP contribution in [-0.4, -0.2) is 112 Å². The van der Waals surface area contributed by atoms with E-state index in [1.807, 2.05) is 0 Å². The summed E-state index contributed by atoms with van der Waals surface area (Å²) in [4.78, 5) is 93.0. The van der Waals surface area contributed by atoms with Gasteiger partial charge in [-0.2, -0.15) is 0 Å². The standard InChI is InChI=1S/C32H38N6O13S2/c1-31(2)24(38-27(43)23(28(38)52-31)34-26(42)22(35-36-33)17-10-6-5-7-11-17)29(44)50-15-48-20(40)12-8-9-13-21(41)49-16-51-30(45)25-32(3,4)53(46,47)19-14-18(39)37(19)25/h5-7,10-11,19,22-25,28H,8-9,12-16H2,1-4H3,(H,34,42)/t19-,22?,23-,24+,25+,28-/m1/s1. The number of esters is 4. The minimum Gasteiger partial charge on any atom is -0.428 e. The second-order valence-corrected chi connectivity index (χ2v) is 18.1. The van der Waals surface area contributed by atoms with E-state index in [2.05, 4.69) is 15.3 Å². The van der Waals surface area contributed by atoms with Crippen molar-refractivity contribution in [1.29, 1.82) is 0 Å². The van der Waals surface area contributed by atoms with Gasteiger partial charge in [0, 0.05) is 22.5 Å². The van der Waals surface area contributed by atoms with Gasteiger partial charge in [0.1, 0.15) is 34.9 Å². The van der Waals surface area contributed by atoms with Gasteiger partial charge in [-0.3, -0.25) is 24.0 Å². The molecule has 4 aliphatic rings. The molecular formula is C32H38N6O13S2. The molecule has 1 aromatic rings. The van der Waals surface area contributed by atoms with E-state index in [-0.39, 0.29) is 32.1 Å². The Labute approximate surface area is 307 Å². The summed E-state index contributed by atoms with van der Waals surface area (Å²) in [5.74, 6) is -4.98. The maximum atomic E-state index is 13.1. The molecule has 0 saturated carbocycles. The summed E-state index contributed by atoms with van der Waals surface area (Å²) in [5.41, 5.74) is 9.41. The Bertz CT molecular complexity index is 1850. The van der Waals surface area contributed by atoms with E-state index in [0.29, 0.717) is 5.56 Å². The summed E-state index contributed by atoms with van der Waals surface area (Å²) in [6, 6.07) is 3.75. The number of unbranched alkanes of at least 4 members (excludes halogenated alkanes) is 1. The predicted molar refractivity (Wildman–Crippen MR) is 181 cm³/mol. The summed E-state index contributed by atoms with van der Waals surface area (Å²) in [6.07, 6.45) is -0.0864. The van der Waals surface area contributed by atoms with Crippen molar-refractivity contribution < 1.29 is 60.9 Å². The minimum atomic E-state index is -3.80. The Morgan fingerprint density at radius 1 is 0.925 bits per heavy atom. The number of nitrogens with zero attached hydrogens (tertiary/aromatic N) is 5. The number of amides is 3. The number of ether oxygens (including phenoxy) is 4. The van der Waals surface area contributed by atoms with E-state index in [1.165, 1.54) is 30.5 Å². The van der Waals surface area contributed by atoms with Gasteiger partial charge in [0.2, 0.25) is 31.3 Å². The quantitative estimate of drug-likeness (QED) is 0.0502. The molecule has 0 spiro atoms. The van der Waals surface area contributed by atoms with Crippen LogP contribution < -0.4 is 5.32 Å². The Morgan fingerprint density at radius 2 is 1.49 bits per heavy atom. The van der Waals surface area contributed by atoms with Crippen LogP contribution in [0.15, 0.2) is 35.4 Å². The van der Waals surface area contributed by atoms with Gasteiger partial charge in [0.05, 0.1) is 11.2 Å². The molecule has 53 heavy (non-hydrogen) atoms. The average Bonchev–Trinajstić information content (AvgIpc) is 3.42. The summed E-state index contributed by atoms with van der Waals surface area (Å²) >= 11 is 1.28. The summed E-state index contributed by atoms with van der Waals surface area (Å²) < 4.78 is 42.9. The first-order valence-electron chi connectivity index (χ1n) is 16.5. The van der Waals surface area contributed by atoms with Crippen molar-refractivity contribution in [3.63, 3.8) is 0 Å². The van der Waals surface area contributed by atoms with Gasteiger partial charge in [-0.05, 0) is 51.6 Å². The van der Waals surface area contributed by atoms with Gasteiger partial charge in [-0.15, -0.1) is 11.8 Å². The van der Waals surface area contributed by atoms with Crippen LogP contribution in [0, 0.1) is 0 Å². The highest BCUT2D eigenvalue weighted by Crippen LogP contribution is 2.51. The smallest absolute Gasteiger partial charge is 0.333 e. The number of nitrogens with one attached hydrogen (secondary N) is 1. The van der Waals surface area contributed by atoms with Crippen molar-refractivity contribution in [2.75, 3.05) is 13.6 Å². The number of β-lactam (4-membered cyclic amide) rings is 2. The van der Waals surface area contributed by atoms with Gasteiger partial charge < -0.3 is 34.1 Å². The zero-order valence-corrected chi connectivity index (χ0v) is 30.8. The van der Waals surface area contributed by atoms with Crippen molar-refractivity contribution in [1.82, 2.24) is 15.1 Å². The Hall–Kier alpha value is -4.88. The van der Waals surface area contributed by atoms with Crippen LogP contribution in [0.1, 0.15) is 71.4 Å². The molecule has 1 N–H and O–H groups in total. The fourth-order valence-electron chi connectivity index (χ4n) is 6.67. The predicted octanol–water partition coefficient (Wildman–Crippen LogP) is 1.37. The second-order valence-electron chi connectivity index (χ2n) is 13.7.